The topological polar surface area (TPSA) is 374 Å². The van der Waals surface area contributed by atoms with Gasteiger partial charge in [0, 0.05) is 44.3 Å². The molecule has 4 saturated heterocycles. The summed E-state index contributed by atoms with van der Waals surface area (Å²) in [5.41, 5.74) is 10.4. The van der Waals surface area contributed by atoms with E-state index in [2.05, 4.69) is 9.97 Å². The first-order chi connectivity index (χ1) is 42.5. The minimum atomic E-state index is -1.57. The average Bonchev–Trinajstić information content (AvgIpc) is 2.80. The molecule has 0 radical (unpaired) electrons. The Balaban J connectivity index is 1.03. The van der Waals surface area contributed by atoms with E-state index in [1.54, 1.807) is 72.8 Å². The summed E-state index contributed by atoms with van der Waals surface area (Å²) in [6.07, 6.45) is -21.2. The van der Waals surface area contributed by atoms with E-state index in [0.29, 0.717) is 115 Å². The maximum absolute atomic E-state index is 10.9. The second-order valence-electron chi connectivity index (χ2n) is 22.7. The molecular formula is C64H66N4O20. The van der Waals surface area contributed by atoms with Crippen LogP contribution in [0.25, 0.3) is 66.6 Å². The van der Waals surface area contributed by atoms with Crippen molar-refractivity contribution in [3.05, 3.63) is 144 Å². The highest BCUT2D eigenvalue weighted by atomic mass is 16.7. The molecule has 0 aliphatic carbocycles. The summed E-state index contributed by atoms with van der Waals surface area (Å²) in [5.74, 6) is 1.11. The lowest BCUT2D eigenvalue weighted by molar-refractivity contribution is -0.242. The first kappa shape index (κ1) is 59.5. The highest BCUT2D eigenvalue weighted by Gasteiger charge is 2.43. The van der Waals surface area contributed by atoms with Gasteiger partial charge in [0.25, 0.3) is 0 Å². The Morgan fingerprint density at radius 2 is 0.534 bits per heavy atom. The van der Waals surface area contributed by atoms with E-state index in [1.165, 1.54) is 0 Å². The van der Waals surface area contributed by atoms with E-state index in [1.807, 2.05) is 48.5 Å². The molecule has 0 amide bonds. The van der Waals surface area contributed by atoms with Gasteiger partial charge in [0.2, 0.25) is 25.2 Å². The molecule has 0 spiro atoms. The molecule has 24 nitrogen and oxygen atoms in total. The Morgan fingerprint density at radius 1 is 0.307 bits per heavy atom. The standard InChI is InChI=1S/C64H66N4O20/c69-45-25-81-61(57(77)53(45)73)85-33-9-1-5-29(21-33)49-37-13-15-39(65-37)50(30-6-2-10-34(22-30)86-62-58(78)54(74)46(70)26-82-62)41-17-19-43(67-41)52(32-8-4-12-36(24-32)88-64-60(80)56(76)48(72)28-84-64)44-20-18-42(68-44)51(40-16-14-38(49)66-40)31-7-3-11-35(23-31)87-63-59(79)55(75)47(71)27-83-63/h1-13,15,18,20-24,45-48,53-65,68-80H,14,16-17,19,25-28H2/t45-,46-,47-,48-,53+,54+,55+,56+,57-,58-,59-,60-,61?,62?,63?,64?/m1/s1. The van der Waals surface area contributed by atoms with Crippen molar-refractivity contribution in [2.24, 2.45) is 0 Å². The zero-order valence-corrected chi connectivity index (χ0v) is 47.0. The lowest BCUT2D eigenvalue weighted by Gasteiger charge is -2.35. The fraction of sp³-hybridized carbons (Fsp3) is 0.375. The van der Waals surface area contributed by atoms with E-state index in [0.717, 1.165) is 0 Å². The van der Waals surface area contributed by atoms with Gasteiger partial charge in [0.1, 0.15) is 96.2 Å². The molecule has 7 aromatic rings. The lowest BCUT2D eigenvalue weighted by atomic mass is 10.00. The van der Waals surface area contributed by atoms with Gasteiger partial charge in [0.15, 0.2) is 0 Å². The number of hydrogen-bond acceptors (Lipinski definition) is 22. The SMILES string of the molecule is O[C@H]1[C@H](O)COC(Oc2cccc(-c3c4nc(c(-c5cccc(OC6OC[C@@H](O)[C@H](O)[C@H]6O)c5)c5ccc([nH]5)c(-c5cccc(OC6OC[C@@H](O)[C@H](O)[C@H]6O)c5)c5nc(c(-c6cccc(OC7OC[C@@H](O)[C@H](O)[C@H]7O)c6)c6ccc3[nH]6)CC5)CC4)c2)[C@@H]1O. The predicted octanol–water partition coefficient (Wildman–Crippen LogP) is 1.82. The maximum Gasteiger partial charge on any atom is 0.228 e. The molecule has 24 heteroatoms. The number of nitrogens with one attached hydrogen (secondary N) is 2. The Hall–Kier alpha value is -7.44. The highest BCUT2D eigenvalue weighted by molar-refractivity contribution is 5.92. The summed E-state index contributed by atoms with van der Waals surface area (Å²) in [5, 5.41) is 127. The van der Waals surface area contributed by atoms with Crippen LogP contribution in [0.5, 0.6) is 23.0 Å². The van der Waals surface area contributed by atoms with Gasteiger partial charge in [-0.3, -0.25) is 9.97 Å². The number of aryl methyl sites for hydroxylation is 4. The number of benzene rings is 4. The van der Waals surface area contributed by atoms with Crippen molar-refractivity contribution in [1.82, 2.24) is 19.9 Å². The van der Waals surface area contributed by atoms with Crippen LogP contribution in [0.1, 0.15) is 22.8 Å². The number of H-pyrrole nitrogens is 2. The number of aromatic amines is 2. The van der Waals surface area contributed by atoms with Gasteiger partial charge in [-0.05, 0) is 121 Å². The number of aromatic nitrogens is 4. The van der Waals surface area contributed by atoms with Gasteiger partial charge in [-0.15, -0.1) is 0 Å². The Morgan fingerprint density at radius 3 is 0.761 bits per heavy atom. The van der Waals surface area contributed by atoms with Gasteiger partial charge in [-0.1, -0.05) is 48.5 Å². The molecule has 4 fully saturated rings. The quantitative estimate of drug-likeness (QED) is 0.0830. The molecule has 4 aromatic carbocycles. The summed E-state index contributed by atoms with van der Waals surface area (Å²) in [6, 6.07) is 36.2. The van der Waals surface area contributed by atoms with E-state index in [-0.39, 0.29) is 49.4 Å². The first-order valence-electron chi connectivity index (χ1n) is 29.0. The van der Waals surface area contributed by atoms with E-state index in [4.69, 9.17) is 47.9 Å². The third-order valence-corrected chi connectivity index (χ3v) is 16.7. The third-order valence-electron chi connectivity index (χ3n) is 16.7. The molecule has 6 aliphatic heterocycles. The molecule has 9 heterocycles. The van der Waals surface area contributed by atoms with Crippen LogP contribution in [0.2, 0.25) is 0 Å². The van der Waals surface area contributed by atoms with Crippen molar-refractivity contribution < 1.29 is 99.2 Å². The summed E-state index contributed by atoms with van der Waals surface area (Å²) < 4.78 is 47.3. The Bertz CT molecular complexity index is 3380. The lowest BCUT2D eigenvalue weighted by Crippen LogP contribution is -2.54. The fourth-order valence-corrected chi connectivity index (χ4v) is 12.0. The van der Waals surface area contributed by atoms with Crippen molar-refractivity contribution in [3.8, 4) is 67.5 Å². The number of fused-ring (bicyclic) bond motifs is 8. The van der Waals surface area contributed by atoms with Crippen molar-refractivity contribution in [3.63, 3.8) is 0 Å². The first-order valence-corrected chi connectivity index (χ1v) is 29.0. The molecule has 14 N–H and O–H groups in total. The molecule has 3 aromatic heterocycles. The number of rotatable bonds is 12. The third kappa shape index (κ3) is 11.7. The summed E-state index contributed by atoms with van der Waals surface area (Å²) >= 11 is 0. The Labute approximate surface area is 501 Å². The van der Waals surface area contributed by atoms with Crippen molar-refractivity contribution in [2.45, 2.75) is 124 Å². The van der Waals surface area contributed by atoms with Gasteiger partial charge in [0.05, 0.1) is 49.2 Å². The van der Waals surface area contributed by atoms with Crippen LogP contribution in [0.4, 0.5) is 0 Å². The normalized spacial score (nSPS) is 30.0. The van der Waals surface area contributed by atoms with Gasteiger partial charge < -0.3 is 109 Å². The van der Waals surface area contributed by atoms with E-state index in [9.17, 15) is 61.3 Å². The van der Waals surface area contributed by atoms with Crippen LogP contribution in [-0.4, -0.2) is 206 Å². The maximum atomic E-state index is 10.9. The second kappa shape index (κ2) is 24.9. The van der Waals surface area contributed by atoms with Crippen LogP contribution in [0, 0.1) is 0 Å². The van der Waals surface area contributed by atoms with Gasteiger partial charge in [-0.25, -0.2) is 0 Å². The zero-order valence-electron chi connectivity index (χ0n) is 47.0. The number of nitrogens with zero attached hydrogens (tertiary/aromatic N) is 2. The predicted molar refractivity (Wildman–Crippen MR) is 311 cm³/mol. The molecule has 13 rings (SSSR count). The summed E-state index contributed by atoms with van der Waals surface area (Å²) in [7, 11) is 0. The minimum absolute atomic E-state index is 0.273. The van der Waals surface area contributed by atoms with Crippen LogP contribution in [0.15, 0.2) is 121 Å². The molecule has 462 valence electrons. The van der Waals surface area contributed by atoms with E-state index >= 15 is 0 Å². The highest BCUT2D eigenvalue weighted by Crippen LogP contribution is 2.41. The van der Waals surface area contributed by atoms with Crippen LogP contribution in [0.3, 0.4) is 0 Å². The van der Waals surface area contributed by atoms with Crippen molar-refractivity contribution in [1.29, 1.82) is 0 Å². The molecule has 8 bridgehead atoms. The fourth-order valence-electron chi connectivity index (χ4n) is 12.0. The van der Waals surface area contributed by atoms with Gasteiger partial charge >= 0.3 is 0 Å². The van der Waals surface area contributed by atoms with Crippen molar-refractivity contribution in [2.75, 3.05) is 26.4 Å². The second-order valence-corrected chi connectivity index (χ2v) is 22.7. The summed E-state index contributed by atoms with van der Waals surface area (Å²) in [4.78, 5) is 18.4. The largest absolute Gasteiger partial charge is 0.462 e. The van der Waals surface area contributed by atoms with Crippen LogP contribution < -0.4 is 18.9 Å². The Kier molecular flexibility index (Phi) is 16.8. The average molecular weight is 1210 g/mol. The van der Waals surface area contributed by atoms with Crippen LogP contribution in [-0.2, 0) is 44.6 Å². The zero-order chi connectivity index (χ0) is 61.1. The molecule has 16 atom stereocenters. The minimum Gasteiger partial charge on any atom is -0.462 e. The molecule has 88 heavy (non-hydrogen) atoms. The van der Waals surface area contributed by atoms with Crippen LogP contribution >= 0.6 is 0 Å². The molecule has 6 aliphatic rings. The molecule has 4 unspecified atom stereocenters. The molecular weight excluding hydrogens is 1140 g/mol. The number of hydrogen-bond donors (Lipinski definition) is 14. The summed E-state index contributed by atoms with van der Waals surface area (Å²) in [6.45, 7) is -1.09. The van der Waals surface area contributed by atoms with Gasteiger partial charge in [-0.2, -0.15) is 0 Å². The number of aliphatic hydroxyl groups excluding tert-OH is 12. The number of aliphatic hydroxyl groups is 12. The van der Waals surface area contributed by atoms with E-state index < -0.39 is 98.4 Å². The van der Waals surface area contributed by atoms with Crippen molar-refractivity contribution >= 4 is 22.1 Å². The number of ether oxygens (including phenoxy) is 8. The smallest absolute Gasteiger partial charge is 0.228 e. The monoisotopic (exact) mass is 1210 g/mol. The molecule has 0 saturated carbocycles.